The highest BCUT2D eigenvalue weighted by atomic mass is 15.2. The average molecular weight is 320 g/mol. The highest BCUT2D eigenvalue weighted by Gasteiger charge is 2.44. The normalized spacial score (nSPS) is 21.0. The minimum atomic E-state index is 0.151. The summed E-state index contributed by atoms with van der Waals surface area (Å²) in [6.45, 7) is 0.814. The van der Waals surface area contributed by atoms with E-state index in [2.05, 4.69) is 25.5 Å². The summed E-state index contributed by atoms with van der Waals surface area (Å²) in [6.07, 6.45) is 10.9. The fraction of sp³-hybridized carbons (Fsp3) is 0.444. The molecule has 2 aromatic rings. The maximum absolute atomic E-state index is 4.86. The van der Waals surface area contributed by atoms with Crippen molar-refractivity contribution in [1.82, 2.24) is 15.0 Å². The molecule has 122 valence electrons. The van der Waals surface area contributed by atoms with Crippen LogP contribution in [0.25, 0.3) is 5.57 Å². The molecule has 2 N–H and O–H groups in total. The minimum Gasteiger partial charge on any atom is -0.348 e. The molecule has 0 bridgehead atoms. The predicted molar refractivity (Wildman–Crippen MR) is 92.0 cm³/mol. The quantitative estimate of drug-likeness (QED) is 0.869. The first-order chi connectivity index (χ1) is 11.8. The fourth-order valence-electron chi connectivity index (χ4n) is 4.36. The topological polar surface area (TPSA) is 78.3 Å². The minimum absolute atomic E-state index is 0.151. The summed E-state index contributed by atoms with van der Waals surface area (Å²) >= 11 is 0. The number of aromatic amines is 1. The number of hydrogen-bond acceptors (Lipinski definition) is 5. The zero-order valence-electron chi connectivity index (χ0n) is 13.5. The van der Waals surface area contributed by atoms with E-state index in [1.54, 1.807) is 0 Å². The second-order valence-electron chi connectivity index (χ2n) is 7.02. The maximum Gasteiger partial charge on any atom is 0.228 e. The van der Waals surface area contributed by atoms with Crippen LogP contribution in [0.1, 0.15) is 43.4 Å². The van der Waals surface area contributed by atoms with Crippen LogP contribution in [0.15, 0.2) is 40.5 Å². The first kappa shape index (κ1) is 13.9. The van der Waals surface area contributed by atoms with Crippen molar-refractivity contribution >= 4 is 17.3 Å². The number of hydrogen-bond donors (Lipinski definition) is 2. The maximum atomic E-state index is 4.86. The highest BCUT2D eigenvalue weighted by Crippen LogP contribution is 2.53. The van der Waals surface area contributed by atoms with E-state index in [1.807, 2.05) is 24.5 Å². The molecule has 1 saturated carbocycles. The molecule has 5 rings (SSSR count). The Bertz CT molecular complexity index is 827. The van der Waals surface area contributed by atoms with Crippen LogP contribution in [0.4, 0.5) is 11.8 Å². The number of azo groups is 1. The molecule has 24 heavy (non-hydrogen) atoms. The summed E-state index contributed by atoms with van der Waals surface area (Å²) < 4.78 is 0. The second-order valence-corrected chi connectivity index (χ2v) is 7.02. The van der Waals surface area contributed by atoms with Crippen LogP contribution in [-0.2, 0) is 6.42 Å². The first-order valence-corrected chi connectivity index (χ1v) is 8.72. The van der Waals surface area contributed by atoms with Gasteiger partial charge in [0.25, 0.3) is 0 Å². The molecule has 1 spiro atoms. The predicted octanol–water partition coefficient (Wildman–Crippen LogP) is 4.23. The van der Waals surface area contributed by atoms with Crippen molar-refractivity contribution in [3.63, 3.8) is 0 Å². The van der Waals surface area contributed by atoms with Crippen molar-refractivity contribution in [3.05, 3.63) is 41.5 Å². The molecule has 0 aromatic carbocycles. The van der Waals surface area contributed by atoms with Crippen molar-refractivity contribution in [3.8, 4) is 0 Å². The first-order valence-electron chi connectivity index (χ1n) is 8.72. The van der Waals surface area contributed by atoms with Crippen LogP contribution in [-0.4, -0.2) is 21.5 Å². The van der Waals surface area contributed by atoms with Gasteiger partial charge >= 0.3 is 0 Å². The summed E-state index contributed by atoms with van der Waals surface area (Å²) in [5.41, 5.74) is 4.89. The summed E-state index contributed by atoms with van der Waals surface area (Å²) in [5, 5.41) is 12.2. The summed E-state index contributed by atoms with van der Waals surface area (Å²) in [7, 11) is 0. The van der Waals surface area contributed by atoms with Gasteiger partial charge in [-0.2, -0.15) is 10.2 Å². The third-order valence-electron chi connectivity index (χ3n) is 5.50. The Kier molecular flexibility index (Phi) is 3.04. The Labute approximate surface area is 140 Å². The van der Waals surface area contributed by atoms with Gasteiger partial charge in [0, 0.05) is 35.4 Å². The van der Waals surface area contributed by atoms with E-state index >= 15 is 0 Å². The third kappa shape index (κ3) is 2.09. The lowest BCUT2D eigenvalue weighted by atomic mass is 9.68. The van der Waals surface area contributed by atoms with E-state index in [0.717, 1.165) is 30.2 Å². The van der Waals surface area contributed by atoms with E-state index in [4.69, 9.17) is 4.98 Å². The molecule has 1 aliphatic heterocycles. The lowest BCUT2D eigenvalue weighted by molar-refractivity contribution is 0.271. The number of fused-ring (bicyclic) bond motifs is 3. The van der Waals surface area contributed by atoms with E-state index in [1.165, 1.54) is 43.2 Å². The van der Waals surface area contributed by atoms with Crippen molar-refractivity contribution in [2.45, 2.75) is 38.5 Å². The van der Waals surface area contributed by atoms with Gasteiger partial charge in [0.2, 0.25) is 5.95 Å². The number of H-pyrrole nitrogens is 1. The van der Waals surface area contributed by atoms with Crippen LogP contribution in [0.3, 0.4) is 0 Å². The van der Waals surface area contributed by atoms with Crippen molar-refractivity contribution in [2.75, 3.05) is 11.9 Å². The van der Waals surface area contributed by atoms with Crippen LogP contribution < -0.4 is 5.32 Å². The van der Waals surface area contributed by atoms with Crippen molar-refractivity contribution in [2.24, 2.45) is 15.6 Å². The van der Waals surface area contributed by atoms with E-state index < -0.39 is 0 Å². The van der Waals surface area contributed by atoms with Crippen molar-refractivity contribution in [1.29, 1.82) is 0 Å². The molecule has 0 radical (unpaired) electrons. The Morgan fingerprint density at radius 1 is 1.17 bits per heavy atom. The molecule has 0 atom stereocenters. The lowest BCUT2D eigenvalue weighted by Crippen LogP contribution is -2.31. The number of rotatable bonds is 2. The Morgan fingerprint density at radius 2 is 2.08 bits per heavy atom. The molecule has 0 unspecified atom stereocenters. The molecule has 6 heteroatoms. The third-order valence-corrected chi connectivity index (χ3v) is 5.50. The molecule has 1 fully saturated rings. The number of anilines is 2. The van der Waals surface area contributed by atoms with Gasteiger partial charge in [0.1, 0.15) is 5.82 Å². The number of nitrogens with zero attached hydrogens (tertiary/aromatic N) is 4. The second kappa shape index (κ2) is 5.26. The van der Waals surface area contributed by atoms with Gasteiger partial charge in [-0.25, -0.2) is 9.97 Å². The largest absolute Gasteiger partial charge is 0.348 e. The van der Waals surface area contributed by atoms with Gasteiger partial charge < -0.3 is 10.3 Å². The van der Waals surface area contributed by atoms with E-state index in [0.29, 0.717) is 5.95 Å². The van der Waals surface area contributed by atoms with Gasteiger partial charge in [-0.15, -0.1) is 0 Å². The lowest BCUT2D eigenvalue weighted by Gasteiger charge is -2.38. The number of allylic oxidation sites excluding steroid dienone is 1. The molecule has 0 amide bonds. The zero-order valence-corrected chi connectivity index (χ0v) is 13.5. The zero-order chi connectivity index (χ0) is 16.0. The smallest absolute Gasteiger partial charge is 0.228 e. The summed E-state index contributed by atoms with van der Waals surface area (Å²) in [6, 6.07) is 3.92. The van der Waals surface area contributed by atoms with Crippen LogP contribution in [0.2, 0.25) is 0 Å². The van der Waals surface area contributed by atoms with Gasteiger partial charge in [-0.05, 0) is 25.0 Å². The Hall–Kier alpha value is -2.50. The van der Waals surface area contributed by atoms with Gasteiger partial charge in [-0.1, -0.05) is 19.3 Å². The van der Waals surface area contributed by atoms with Gasteiger partial charge in [-0.3, -0.25) is 0 Å². The molecular formula is C18H20N6. The van der Waals surface area contributed by atoms with Crippen molar-refractivity contribution < 1.29 is 0 Å². The molecule has 3 aliphatic rings. The van der Waals surface area contributed by atoms with Crippen LogP contribution >= 0.6 is 0 Å². The SMILES string of the molecule is c1c[nH]c(Nc2ncc3c(n2)C2=C(C3)N=NCC23CCCCC3)c1. The van der Waals surface area contributed by atoms with Crippen LogP contribution in [0.5, 0.6) is 0 Å². The highest BCUT2D eigenvalue weighted by molar-refractivity contribution is 5.79. The number of aromatic nitrogens is 3. The van der Waals surface area contributed by atoms with Gasteiger partial charge in [0.05, 0.1) is 17.9 Å². The summed E-state index contributed by atoms with van der Waals surface area (Å²) in [5.74, 6) is 1.54. The molecule has 2 aromatic heterocycles. The summed E-state index contributed by atoms with van der Waals surface area (Å²) in [4.78, 5) is 12.5. The van der Waals surface area contributed by atoms with Crippen LogP contribution in [0, 0.1) is 5.41 Å². The molecular weight excluding hydrogens is 300 g/mol. The average Bonchev–Trinajstić information content (AvgIpc) is 3.23. The molecule has 6 nitrogen and oxygen atoms in total. The standard InChI is InChI=1S/C18H20N6/c1-2-6-18(7-3-1)11-21-24-13-9-12-10-20-17(23-16(12)15(13)18)22-14-5-4-8-19-14/h4-5,8,10,19H,1-3,6-7,9,11H2,(H,20,22,23). The Morgan fingerprint density at radius 3 is 2.92 bits per heavy atom. The van der Waals surface area contributed by atoms with E-state index in [-0.39, 0.29) is 5.41 Å². The monoisotopic (exact) mass is 320 g/mol. The molecule has 0 saturated heterocycles. The van der Waals surface area contributed by atoms with E-state index in [9.17, 15) is 0 Å². The van der Waals surface area contributed by atoms with Gasteiger partial charge in [0.15, 0.2) is 0 Å². The fourth-order valence-corrected chi connectivity index (χ4v) is 4.36. The number of nitrogens with one attached hydrogen (secondary N) is 2. The Balaban J connectivity index is 1.56. The molecule has 3 heterocycles. The molecule has 2 aliphatic carbocycles.